The minimum Gasteiger partial charge on any atom is -0.341 e. The summed E-state index contributed by atoms with van der Waals surface area (Å²) in [7, 11) is -1.14. The van der Waals surface area contributed by atoms with Crippen molar-refractivity contribution in [1.29, 1.82) is 0 Å². The molecule has 1 aromatic carbocycles. The lowest BCUT2D eigenvalue weighted by Crippen LogP contribution is -2.28. The highest BCUT2D eigenvalue weighted by molar-refractivity contribution is 7.91. The van der Waals surface area contributed by atoms with E-state index in [1.165, 1.54) is 17.5 Å². The molecule has 29 heavy (non-hydrogen) atoms. The summed E-state index contributed by atoms with van der Waals surface area (Å²) in [5.41, 5.74) is 6.72. The predicted molar refractivity (Wildman–Crippen MR) is 113 cm³/mol. The summed E-state index contributed by atoms with van der Waals surface area (Å²) >= 11 is 0. The molecule has 2 aliphatic rings. The van der Waals surface area contributed by atoms with E-state index in [4.69, 9.17) is 0 Å². The highest BCUT2D eigenvalue weighted by atomic mass is 32.2. The van der Waals surface area contributed by atoms with Crippen LogP contribution in [0.2, 0.25) is 0 Å². The third-order valence-electron chi connectivity index (χ3n) is 6.37. The summed E-state index contributed by atoms with van der Waals surface area (Å²) in [6.07, 6.45) is 4.47. The third-order valence-corrected chi connectivity index (χ3v) is 8.12. The van der Waals surface area contributed by atoms with Gasteiger partial charge in [0, 0.05) is 24.8 Å². The molecule has 0 spiro atoms. The normalized spacial score (nSPS) is 20.0. The van der Waals surface area contributed by atoms with Gasteiger partial charge in [0.1, 0.15) is 0 Å². The number of aromatic nitrogens is 2. The summed E-state index contributed by atoms with van der Waals surface area (Å²) in [6.45, 7) is 4.39. The summed E-state index contributed by atoms with van der Waals surface area (Å²) in [5, 5.41) is 4.61. The zero-order valence-corrected chi connectivity index (χ0v) is 18.3. The van der Waals surface area contributed by atoms with Crippen molar-refractivity contribution in [1.82, 2.24) is 14.7 Å². The average molecular weight is 416 g/mol. The molecule has 1 amide bonds. The van der Waals surface area contributed by atoms with Crippen molar-refractivity contribution in [3.8, 4) is 0 Å². The average Bonchev–Trinajstić information content (AvgIpc) is 3.34. The van der Waals surface area contributed by atoms with Gasteiger partial charge in [0.05, 0.1) is 29.7 Å². The SMILES string of the molecule is Cc1nn([C@@H]2CCS(=O)(=O)C2)c(C)c1CN(C)C(=O)Cc1ccc2c(c1)CCC2. The quantitative estimate of drug-likeness (QED) is 0.752. The number of nitrogens with zero attached hydrogens (tertiary/aromatic N) is 3. The lowest BCUT2D eigenvalue weighted by Gasteiger charge is -2.18. The molecule has 2 aromatic rings. The molecule has 0 bridgehead atoms. The van der Waals surface area contributed by atoms with Crippen LogP contribution in [0.3, 0.4) is 0 Å². The van der Waals surface area contributed by atoms with Crippen LogP contribution in [0.5, 0.6) is 0 Å². The predicted octanol–water partition coefficient (Wildman–Crippen LogP) is 2.55. The first kappa shape index (κ1) is 20.1. The molecule has 1 aromatic heterocycles. The molecule has 2 heterocycles. The second-order valence-corrected chi connectivity index (χ2v) is 10.8. The van der Waals surface area contributed by atoms with Gasteiger partial charge in [-0.05, 0) is 56.2 Å². The Labute approximate surface area is 172 Å². The maximum Gasteiger partial charge on any atom is 0.227 e. The zero-order chi connectivity index (χ0) is 20.8. The summed E-state index contributed by atoms with van der Waals surface area (Å²) < 4.78 is 25.5. The van der Waals surface area contributed by atoms with Crippen LogP contribution in [0.25, 0.3) is 0 Å². The van der Waals surface area contributed by atoms with Gasteiger partial charge < -0.3 is 4.90 Å². The number of rotatable bonds is 5. The molecule has 1 saturated heterocycles. The van der Waals surface area contributed by atoms with E-state index in [1.807, 2.05) is 25.6 Å². The molecule has 1 atom stereocenters. The van der Waals surface area contributed by atoms with Crippen molar-refractivity contribution in [2.24, 2.45) is 0 Å². The first-order chi connectivity index (χ1) is 13.7. The van der Waals surface area contributed by atoms with Crippen LogP contribution in [-0.4, -0.2) is 47.6 Å². The van der Waals surface area contributed by atoms with Crippen LogP contribution in [0.1, 0.15) is 52.5 Å². The lowest BCUT2D eigenvalue weighted by molar-refractivity contribution is -0.129. The topological polar surface area (TPSA) is 72.3 Å². The van der Waals surface area contributed by atoms with Crippen LogP contribution in [0, 0.1) is 13.8 Å². The van der Waals surface area contributed by atoms with E-state index in [9.17, 15) is 13.2 Å². The Morgan fingerprint density at radius 3 is 2.72 bits per heavy atom. The summed E-state index contributed by atoms with van der Waals surface area (Å²) in [6, 6.07) is 6.33. The van der Waals surface area contributed by atoms with Gasteiger partial charge in [-0.1, -0.05) is 18.2 Å². The van der Waals surface area contributed by atoms with Crippen molar-refractivity contribution in [3.05, 3.63) is 51.8 Å². The van der Waals surface area contributed by atoms with E-state index in [0.29, 0.717) is 19.4 Å². The van der Waals surface area contributed by atoms with Gasteiger partial charge >= 0.3 is 0 Å². The molecule has 4 rings (SSSR count). The standard InChI is InChI=1S/C22H29N3O3S/c1-15-21(16(2)25(23-15)20-9-10-29(27,28)14-20)13-24(3)22(26)12-17-7-8-18-5-4-6-19(18)11-17/h7-8,11,20H,4-6,9-10,12-14H2,1-3H3/t20-/m1/s1. The van der Waals surface area contributed by atoms with Crippen molar-refractivity contribution < 1.29 is 13.2 Å². The number of hydrogen-bond donors (Lipinski definition) is 0. The molecule has 6 nitrogen and oxygen atoms in total. The van der Waals surface area contributed by atoms with Gasteiger partial charge in [0.25, 0.3) is 0 Å². The Hall–Kier alpha value is -2.15. The lowest BCUT2D eigenvalue weighted by atomic mass is 10.0. The van der Waals surface area contributed by atoms with Gasteiger partial charge in [-0.25, -0.2) is 8.42 Å². The number of carbonyl (C=O) groups is 1. The van der Waals surface area contributed by atoms with Crippen LogP contribution in [0.4, 0.5) is 0 Å². The van der Waals surface area contributed by atoms with E-state index in [1.54, 1.807) is 4.90 Å². The molecule has 0 saturated carbocycles. The van der Waals surface area contributed by atoms with Gasteiger partial charge in [0.2, 0.25) is 5.91 Å². The van der Waals surface area contributed by atoms with Gasteiger partial charge in [-0.2, -0.15) is 5.10 Å². The maximum atomic E-state index is 12.8. The molecule has 1 fully saturated rings. The summed E-state index contributed by atoms with van der Waals surface area (Å²) in [4.78, 5) is 14.6. The minimum atomic E-state index is -2.96. The third kappa shape index (κ3) is 4.10. The minimum absolute atomic E-state index is 0.0814. The molecule has 156 valence electrons. The highest BCUT2D eigenvalue weighted by Gasteiger charge is 2.31. The molecule has 7 heteroatoms. The Morgan fingerprint density at radius 2 is 2.00 bits per heavy atom. The molecule has 1 aliphatic heterocycles. The van der Waals surface area contributed by atoms with E-state index in [2.05, 4.69) is 23.3 Å². The Morgan fingerprint density at radius 1 is 1.24 bits per heavy atom. The number of sulfone groups is 1. The van der Waals surface area contributed by atoms with E-state index in [-0.39, 0.29) is 23.5 Å². The fraction of sp³-hybridized carbons (Fsp3) is 0.545. The smallest absolute Gasteiger partial charge is 0.227 e. The second-order valence-electron chi connectivity index (χ2n) is 8.53. The molecule has 0 N–H and O–H groups in total. The van der Waals surface area contributed by atoms with Crippen LogP contribution in [0.15, 0.2) is 18.2 Å². The number of aryl methyl sites for hydroxylation is 3. The number of likely N-dealkylation sites (N-methyl/N-ethyl adjacent to an activating group) is 1. The fourth-order valence-electron chi connectivity index (χ4n) is 4.62. The number of fused-ring (bicyclic) bond motifs is 1. The number of benzene rings is 1. The van der Waals surface area contributed by atoms with E-state index >= 15 is 0 Å². The van der Waals surface area contributed by atoms with Gasteiger partial charge in [0.15, 0.2) is 9.84 Å². The number of hydrogen-bond acceptors (Lipinski definition) is 4. The highest BCUT2D eigenvalue weighted by Crippen LogP contribution is 2.27. The molecule has 0 unspecified atom stereocenters. The van der Waals surface area contributed by atoms with Crippen LogP contribution >= 0.6 is 0 Å². The maximum absolute atomic E-state index is 12.8. The molecule has 0 radical (unpaired) electrons. The van der Waals surface area contributed by atoms with E-state index in [0.717, 1.165) is 35.4 Å². The first-order valence-corrected chi connectivity index (χ1v) is 12.2. The molecule has 1 aliphatic carbocycles. The van der Waals surface area contributed by atoms with Gasteiger partial charge in [-0.3, -0.25) is 9.48 Å². The Balaban J connectivity index is 1.45. The second kappa shape index (κ2) is 7.59. The molecular weight excluding hydrogens is 386 g/mol. The van der Waals surface area contributed by atoms with Crippen LogP contribution < -0.4 is 0 Å². The first-order valence-electron chi connectivity index (χ1n) is 10.3. The Kier molecular flexibility index (Phi) is 5.27. The monoisotopic (exact) mass is 415 g/mol. The summed E-state index contributed by atoms with van der Waals surface area (Å²) in [5.74, 6) is 0.462. The van der Waals surface area contributed by atoms with Crippen molar-refractivity contribution in [2.75, 3.05) is 18.6 Å². The Bertz CT molecular complexity index is 1060. The van der Waals surface area contributed by atoms with Crippen molar-refractivity contribution >= 4 is 15.7 Å². The molecular formula is C22H29N3O3S. The van der Waals surface area contributed by atoms with Crippen molar-refractivity contribution in [3.63, 3.8) is 0 Å². The van der Waals surface area contributed by atoms with E-state index < -0.39 is 9.84 Å². The van der Waals surface area contributed by atoms with Gasteiger partial charge in [-0.15, -0.1) is 0 Å². The fourth-order valence-corrected chi connectivity index (χ4v) is 6.31. The zero-order valence-electron chi connectivity index (χ0n) is 17.4. The number of carbonyl (C=O) groups excluding carboxylic acids is 1. The largest absolute Gasteiger partial charge is 0.341 e. The van der Waals surface area contributed by atoms with Crippen LogP contribution in [-0.2, 0) is 40.4 Å². The van der Waals surface area contributed by atoms with Crippen molar-refractivity contribution in [2.45, 2.75) is 58.5 Å². The number of amides is 1.